The Hall–Kier alpha value is -1.58. The summed E-state index contributed by atoms with van der Waals surface area (Å²) in [4.78, 5) is 14.1. The van der Waals surface area contributed by atoms with Gasteiger partial charge in [-0.1, -0.05) is 0 Å². The Balaban J connectivity index is 2.62. The molecule has 0 saturated carbocycles. The fourth-order valence-electron chi connectivity index (χ4n) is 1.71. The first-order valence-corrected chi connectivity index (χ1v) is 4.28. The van der Waals surface area contributed by atoms with Crippen molar-refractivity contribution in [1.82, 2.24) is 4.98 Å². The van der Waals surface area contributed by atoms with Gasteiger partial charge >= 0.3 is 0 Å². The zero-order chi connectivity index (χ0) is 9.42. The van der Waals surface area contributed by atoms with Gasteiger partial charge in [0.1, 0.15) is 5.84 Å². The summed E-state index contributed by atoms with van der Waals surface area (Å²) in [6, 6.07) is 1.74. The molecule has 4 N–H and O–H groups in total. The van der Waals surface area contributed by atoms with Gasteiger partial charge in [0.2, 0.25) is 0 Å². The molecular weight excluding hydrogens is 166 g/mol. The molecule has 13 heavy (non-hydrogen) atoms. The number of aromatic nitrogens is 1. The average molecular weight is 177 g/mol. The molecule has 1 aromatic heterocycles. The molecule has 0 fully saturated rings. The molecule has 1 aliphatic rings. The van der Waals surface area contributed by atoms with Gasteiger partial charge in [0.25, 0.3) is 5.56 Å². The third-order valence-corrected chi connectivity index (χ3v) is 2.38. The van der Waals surface area contributed by atoms with Crippen molar-refractivity contribution in [2.45, 2.75) is 19.3 Å². The van der Waals surface area contributed by atoms with E-state index in [0.717, 1.165) is 30.5 Å². The second-order valence-corrected chi connectivity index (χ2v) is 3.28. The molecule has 0 atom stereocenters. The first-order valence-electron chi connectivity index (χ1n) is 4.28. The van der Waals surface area contributed by atoms with Crippen molar-refractivity contribution >= 4 is 5.84 Å². The molecule has 0 amide bonds. The topological polar surface area (TPSA) is 82.7 Å². The summed E-state index contributed by atoms with van der Waals surface area (Å²) in [6.07, 6.45) is 2.99. The third-order valence-electron chi connectivity index (χ3n) is 2.38. The van der Waals surface area contributed by atoms with E-state index in [2.05, 4.69) is 4.98 Å². The largest absolute Gasteiger partial charge is 0.384 e. The molecule has 2 rings (SSSR count). The third kappa shape index (κ3) is 1.24. The summed E-state index contributed by atoms with van der Waals surface area (Å²) >= 11 is 0. The molecule has 0 aromatic carbocycles. The quantitative estimate of drug-likeness (QED) is 0.421. The van der Waals surface area contributed by atoms with Crippen LogP contribution in [0.3, 0.4) is 0 Å². The van der Waals surface area contributed by atoms with E-state index < -0.39 is 0 Å². The predicted octanol–water partition coefficient (Wildman–Crippen LogP) is 0.148. The van der Waals surface area contributed by atoms with Gasteiger partial charge < -0.3 is 10.7 Å². The van der Waals surface area contributed by atoms with Gasteiger partial charge in [-0.2, -0.15) is 0 Å². The number of nitrogens with two attached hydrogens (primary N) is 1. The van der Waals surface area contributed by atoms with Gasteiger partial charge in [-0.15, -0.1) is 0 Å². The van der Waals surface area contributed by atoms with Gasteiger partial charge in [0.05, 0.1) is 5.56 Å². The number of rotatable bonds is 1. The number of fused-ring (bicyclic) bond motifs is 1. The number of aromatic amines is 1. The maximum Gasteiger partial charge on any atom is 0.259 e. The molecule has 0 unspecified atom stereocenters. The van der Waals surface area contributed by atoms with Crippen LogP contribution in [0.2, 0.25) is 0 Å². The molecule has 1 heterocycles. The first kappa shape index (κ1) is 8.04. The summed E-state index contributed by atoms with van der Waals surface area (Å²) in [5.74, 6) is -0.157. The molecular formula is C9H11N3O. The lowest BCUT2D eigenvalue weighted by atomic mass is 10.1. The Labute approximate surface area is 75.3 Å². The molecule has 0 aliphatic heterocycles. The smallest absolute Gasteiger partial charge is 0.259 e. The zero-order valence-electron chi connectivity index (χ0n) is 7.18. The van der Waals surface area contributed by atoms with Crippen LogP contribution in [0, 0.1) is 5.41 Å². The first-order chi connectivity index (χ1) is 6.18. The van der Waals surface area contributed by atoms with E-state index in [9.17, 15) is 4.79 Å². The minimum Gasteiger partial charge on any atom is -0.384 e. The lowest BCUT2D eigenvalue weighted by Crippen LogP contribution is -2.24. The second kappa shape index (κ2) is 2.73. The molecule has 0 spiro atoms. The van der Waals surface area contributed by atoms with E-state index in [-0.39, 0.29) is 11.4 Å². The highest BCUT2D eigenvalue weighted by Crippen LogP contribution is 2.18. The summed E-state index contributed by atoms with van der Waals surface area (Å²) < 4.78 is 0. The van der Waals surface area contributed by atoms with Crippen molar-refractivity contribution in [1.29, 1.82) is 5.41 Å². The number of nitrogens with one attached hydrogen (secondary N) is 2. The maximum absolute atomic E-state index is 11.3. The van der Waals surface area contributed by atoms with E-state index in [1.165, 1.54) is 0 Å². The van der Waals surface area contributed by atoms with E-state index >= 15 is 0 Å². The number of H-pyrrole nitrogens is 1. The van der Waals surface area contributed by atoms with Gasteiger partial charge in [-0.3, -0.25) is 10.2 Å². The Morgan fingerprint density at radius 1 is 1.54 bits per heavy atom. The van der Waals surface area contributed by atoms with Crippen molar-refractivity contribution in [3.05, 3.63) is 33.2 Å². The fraction of sp³-hybridized carbons (Fsp3) is 0.333. The molecule has 1 aliphatic carbocycles. The maximum atomic E-state index is 11.3. The van der Waals surface area contributed by atoms with Crippen molar-refractivity contribution in [3.8, 4) is 0 Å². The standard InChI is InChI=1S/C9H11N3O/c10-8(11)6-4-5-2-1-3-7(5)12-9(6)13/h4H,1-3H2,(H3,10,11)(H,12,13). The molecule has 0 radical (unpaired) electrons. The minimum absolute atomic E-state index is 0.157. The summed E-state index contributed by atoms with van der Waals surface area (Å²) in [5.41, 5.74) is 7.46. The van der Waals surface area contributed by atoms with Gasteiger partial charge in [-0.25, -0.2) is 0 Å². The monoisotopic (exact) mass is 177 g/mol. The number of amidine groups is 1. The van der Waals surface area contributed by atoms with Crippen molar-refractivity contribution in [2.75, 3.05) is 0 Å². The average Bonchev–Trinajstić information content (AvgIpc) is 2.48. The van der Waals surface area contributed by atoms with Crippen LogP contribution in [-0.4, -0.2) is 10.8 Å². The van der Waals surface area contributed by atoms with Crippen LogP contribution >= 0.6 is 0 Å². The normalized spacial score (nSPS) is 14.2. The Bertz CT molecular complexity index is 419. The van der Waals surface area contributed by atoms with Crippen LogP contribution < -0.4 is 11.3 Å². The summed E-state index contributed by atoms with van der Waals surface area (Å²) in [7, 11) is 0. The van der Waals surface area contributed by atoms with E-state index in [0.29, 0.717) is 5.56 Å². The van der Waals surface area contributed by atoms with Crippen LogP contribution in [0.1, 0.15) is 23.2 Å². The highest BCUT2D eigenvalue weighted by Gasteiger charge is 2.14. The second-order valence-electron chi connectivity index (χ2n) is 3.28. The number of nitrogen functional groups attached to an aromatic ring is 1. The molecule has 1 aromatic rings. The van der Waals surface area contributed by atoms with Crippen LogP contribution in [0.15, 0.2) is 10.9 Å². The zero-order valence-corrected chi connectivity index (χ0v) is 7.18. The SMILES string of the molecule is N=C(N)c1cc2c([nH]c1=O)CCC2. The Morgan fingerprint density at radius 2 is 2.31 bits per heavy atom. The summed E-state index contributed by atoms with van der Waals surface area (Å²) in [6.45, 7) is 0. The minimum atomic E-state index is -0.242. The molecule has 4 nitrogen and oxygen atoms in total. The van der Waals surface area contributed by atoms with E-state index in [1.807, 2.05) is 0 Å². The molecule has 0 bridgehead atoms. The van der Waals surface area contributed by atoms with Gasteiger partial charge in [0, 0.05) is 5.69 Å². The summed E-state index contributed by atoms with van der Waals surface area (Å²) in [5, 5.41) is 7.20. The number of hydrogen-bond donors (Lipinski definition) is 3. The van der Waals surface area contributed by atoms with Gasteiger partial charge in [-0.05, 0) is 30.9 Å². The van der Waals surface area contributed by atoms with Crippen LogP contribution in [-0.2, 0) is 12.8 Å². The van der Waals surface area contributed by atoms with Crippen molar-refractivity contribution in [3.63, 3.8) is 0 Å². The van der Waals surface area contributed by atoms with E-state index in [4.69, 9.17) is 11.1 Å². The van der Waals surface area contributed by atoms with E-state index in [1.54, 1.807) is 6.07 Å². The van der Waals surface area contributed by atoms with Crippen LogP contribution in [0.5, 0.6) is 0 Å². The molecule has 4 heteroatoms. The lowest BCUT2D eigenvalue weighted by Gasteiger charge is -2.01. The number of pyridine rings is 1. The number of hydrogen-bond acceptors (Lipinski definition) is 2. The molecule has 0 saturated heterocycles. The van der Waals surface area contributed by atoms with Gasteiger partial charge in [0.15, 0.2) is 0 Å². The van der Waals surface area contributed by atoms with Crippen molar-refractivity contribution in [2.24, 2.45) is 5.73 Å². The highest BCUT2D eigenvalue weighted by molar-refractivity contribution is 5.94. The van der Waals surface area contributed by atoms with Crippen molar-refractivity contribution < 1.29 is 0 Å². The Kier molecular flexibility index (Phi) is 1.69. The van der Waals surface area contributed by atoms with Crippen LogP contribution in [0.4, 0.5) is 0 Å². The van der Waals surface area contributed by atoms with Crippen LogP contribution in [0.25, 0.3) is 0 Å². The Morgan fingerprint density at radius 3 is 3.00 bits per heavy atom. The molecule has 68 valence electrons. The lowest BCUT2D eigenvalue weighted by molar-refractivity contribution is 0.897. The number of aryl methyl sites for hydroxylation is 2. The predicted molar refractivity (Wildman–Crippen MR) is 50.1 cm³/mol. The highest BCUT2D eigenvalue weighted by atomic mass is 16.1. The fourth-order valence-corrected chi connectivity index (χ4v) is 1.71.